The Balaban J connectivity index is 1.77. The summed E-state index contributed by atoms with van der Waals surface area (Å²) in [6.07, 6.45) is 8.77. The number of amides is 3. The molecule has 0 aromatic rings. The average Bonchev–Trinajstić information content (AvgIpc) is 2.90. The van der Waals surface area contributed by atoms with Crippen molar-refractivity contribution in [1.29, 1.82) is 5.26 Å². The number of ether oxygens (including phenoxy) is 1. The van der Waals surface area contributed by atoms with E-state index in [1.807, 2.05) is 11.8 Å². The van der Waals surface area contributed by atoms with E-state index < -0.39 is 17.6 Å². The summed E-state index contributed by atoms with van der Waals surface area (Å²) in [7, 11) is 0. The van der Waals surface area contributed by atoms with Crippen LogP contribution in [-0.4, -0.2) is 91.8 Å². The molecule has 0 aromatic heterocycles. The van der Waals surface area contributed by atoms with Crippen molar-refractivity contribution in [3.63, 3.8) is 0 Å². The van der Waals surface area contributed by atoms with Crippen LogP contribution in [-0.2, 0) is 9.53 Å². The number of carbonyl (C=O) groups excluding carboxylic acids is 2. The quantitative estimate of drug-likeness (QED) is 0.343. The topological polar surface area (TPSA) is 122 Å². The molecule has 0 aromatic carbocycles. The normalized spacial score (nSPS) is 22.4. The van der Waals surface area contributed by atoms with Crippen molar-refractivity contribution in [1.82, 2.24) is 25.8 Å². The van der Waals surface area contributed by atoms with Crippen LogP contribution >= 0.6 is 0 Å². The van der Waals surface area contributed by atoms with Crippen molar-refractivity contribution in [2.45, 2.75) is 83.2 Å². The van der Waals surface area contributed by atoms with Gasteiger partial charge in [-0.25, -0.2) is 4.79 Å². The molecule has 2 saturated heterocycles. The molecule has 3 fully saturated rings. The molecule has 2 heterocycles. The minimum absolute atomic E-state index is 0.178. The summed E-state index contributed by atoms with van der Waals surface area (Å²) < 4.78 is 5.49. The SMILES string of the molecule is CCCN1CCC(C#N)(NC(=O)C(CC2CCCCC2)N/C(=N\C(=O)NCC)N2CCOCC2)CC1. The predicted octanol–water partition coefficient (Wildman–Crippen LogP) is 2.22. The fourth-order valence-electron chi connectivity index (χ4n) is 5.46. The number of piperidine rings is 1. The molecule has 1 atom stereocenters. The van der Waals surface area contributed by atoms with E-state index >= 15 is 0 Å². The van der Waals surface area contributed by atoms with E-state index in [0.717, 1.165) is 38.9 Å². The molecule has 202 valence electrons. The number of nitriles is 1. The summed E-state index contributed by atoms with van der Waals surface area (Å²) in [5, 5.41) is 19.3. The van der Waals surface area contributed by atoms with Gasteiger partial charge in [0.25, 0.3) is 0 Å². The number of hydrogen-bond donors (Lipinski definition) is 3. The van der Waals surface area contributed by atoms with Gasteiger partial charge in [0.1, 0.15) is 11.6 Å². The van der Waals surface area contributed by atoms with Crippen LogP contribution in [0.3, 0.4) is 0 Å². The van der Waals surface area contributed by atoms with Gasteiger partial charge in [-0.15, -0.1) is 0 Å². The highest BCUT2D eigenvalue weighted by Crippen LogP contribution is 2.28. The molecular formula is C26H45N7O3. The zero-order chi connectivity index (χ0) is 25.8. The lowest BCUT2D eigenvalue weighted by Gasteiger charge is -2.39. The minimum atomic E-state index is -0.857. The lowest BCUT2D eigenvalue weighted by Crippen LogP contribution is -2.60. The summed E-state index contributed by atoms with van der Waals surface area (Å²) in [6, 6.07) is 1.43. The Morgan fingerprint density at radius 3 is 2.42 bits per heavy atom. The second-order valence-electron chi connectivity index (χ2n) is 10.3. The standard InChI is InChI=1S/C26H45N7O3/c1-3-12-32-13-10-26(20-27,11-14-32)31-23(34)22(19-21-8-6-5-7-9-21)29-24(30-25(35)28-4-2)33-15-17-36-18-16-33/h21-22H,3-19H2,1-2H3,(H,31,34)(H2,28,29,30,35). The Labute approximate surface area is 216 Å². The van der Waals surface area contributed by atoms with Crippen LogP contribution in [0.2, 0.25) is 0 Å². The van der Waals surface area contributed by atoms with E-state index in [-0.39, 0.29) is 5.91 Å². The lowest BCUT2D eigenvalue weighted by atomic mass is 9.84. The van der Waals surface area contributed by atoms with E-state index in [0.29, 0.717) is 64.0 Å². The highest BCUT2D eigenvalue weighted by Gasteiger charge is 2.38. The highest BCUT2D eigenvalue weighted by molar-refractivity contribution is 5.95. The first-order chi connectivity index (χ1) is 17.5. The molecular weight excluding hydrogens is 458 g/mol. The number of nitrogens with one attached hydrogen (secondary N) is 3. The lowest BCUT2D eigenvalue weighted by molar-refractivity contribution is -0.125. The van der Waals surface area contributed by atoms with Gasteiger partial charge in [0, 0.05) is 32.7 Å². The first-order valence-corrected chi connectivity index (χ1v) is 13.9. The number of carbonyl (C=O) groups is 2. The summed E-state index contributed by atoms with van der Waals surface area (Å²) in [4.78, 5) is 34.8. The van der Waals surface area contributed by atoms with Crippen LogP contribution < -0.4 is 16.0 Å². The van der Waals surface area contributed by atoms with Crippen LogP contribution in [0, 0.1) is 17.2 Å². The fraction of sp³-hybridized carbons (Fsp3) is 0.846. The van der Waals surface area contributed by atoms with Gasteiger partial charge in [0.2, 0.25) is 11.9 Å². The van der Waals surface area contributed by atoms with Crippen LogP contribution in [0.15, 0.2) is 4.99 Å². The van der Waals surface area contributed by atoms with E-state index in [1.165, 1.54) is 19.3 Å². The van der Waals surface area contributed by atoms with Crippen molar-refractivity contribution in [2.75, 3.05) is 52.5 Å². The molecule has 3 N–H and O–H groups in total. The van der Waals surface area contributed by atoms with Crippen molar-refractivity contribution in [3.8, 4) is 6.07 Å². The summed E-state index contributed by atoms with van der Waals surface area (Å²) in [5.41, 5.74) is -0.857. The number of rotatable bonds is 8. The number of urea groups is 1. The van der Waals surface area contributed by atoms with Gasteiger partial charge in [-0.3, -0.25) is 4.79 Å². The number of morpholine rings is 1. The summed E-state index contributed by atoms with van der Waals surface area (Å²) in [5.74, 6) is 0.661. The third-order valence-corrected chi connectivity index (χ3v) is 7.59. The third-order valence-electron chi connectivity index (χ3n) is 7.59. The second kappa shape index (κ2) is 14.4. The van der Waals surface area contributed by atoms with Gasteiger partial charge in [-0.05, 0) is 45.1 Å². The van der Waals surface area contributed by atoms with Crippen LogP contribution in [0.25, 0.3) is 0 Å². The van der Waals surface area contributed by atoms with Crippen LogP contribution in [0.4, 0.5) is 4.79 Å². The van der Waals surface area contributed by atoms with Gasteiger partial charge >= 0.3 is 6.03 Å². The molecule has 0 bridgehead atoms. The molecule has 3 rings (SSSR count). The van der Waals surface area contributed by atoms with Crippen molar-refractivity contribution < 1.29 is 14.3 Å². The van der Waals surface area contributed by atoms with E-state index in [1.54, 1.807) is 0 Å². The zero-order valence-electron chi connectivity index (χ0n) is 22.2. The Bertz CT molecular complexity index is 777. The Kier molecular flexibility index (Phi) is 11.3. The van der Waals surface area contributed by atoms with Gasteiger partial charge in [0.05, 0.1) is 19.3 Å². The predicted molar refractivity (Wildman–Crippen MR) is 139 cm³/mol. The van der Waals surface area contributed by atoms with Crippen LogP contribution in [0.1, 0.15) is 71.6 Å². The summed E-state index contributed by atoms with van der Waals surface area (Å²) in [6.45, 7) is 9.39. The molecule has 3 amide bonds. The molecule has 3 aliphatic rings. The fourth-order valence-corrected chi connectivity index (χ4v) is 5.46. The zero-order valence-corrected chi connectivity index (χ0v) is 22.2. The van der Waals surface area contributed by atoms with Crippen molar-refractivity contribution in [3.05, 3.63) is 0 Å². The Hall–Kier alpha value is -2.38. The molecule has 1 aliphatic carbocycles. The first kappa shape index (κ1) is 28.2. The molecule has 36 heavy (non-hydrogen) atoms. The first-order valence-electron chi connectivity index (χ1n) is 13.9. The van der Waals surface area contributed by atoms with Crippen LogP contribution in [0.5, 0.6) is 0 Å². The van der Waals surface area contributed by atoms with Crippen molar-refractivity contribution in [2.24, 2.45) is 10.9 Å². The molecule has 1 unspecified atom stereocenters. The number of aliphatic imine (C=N–C) groups is 1. The van der Waals surface area contributed by atoms with Gasteiger partial charge in [-0.1, -0.05) is 39.0 Å². The van der Waals surface area contributed by atoms with Gasteiger partial charge < -0.3 is 30.5 Å². The average molecular weight is 504 g/mol. The third kappa shape index (κ3) is 8.34. The molecule has 2 aliphatic heterocycles. The van der Waals surface area contributed by atoms with E-state index in [2.05, 4.69) is 38.8 Å². The number of nitrogens with zero attached hydrogens (tertiary/aromatic N) is 4. The van der Waals surface area contributed by atoms with E-state index in [4.69, 9.17) is 4.74 Å². The molecule has 10 heteroatoms. The number of guanidine groups is 1. The maximum atomic E-state index is 13.7. The largest absolute Gasteiger partial charge is 0.378 e. The number of likely N-dealkylation sites (tertiary alicyclic amines) is 1. The maximum absolute atomic E-state index is 13.7. The second-order valence-corrected chi connectivity index (χ2v) is 10.3. The molecule has 10 nitrogen and oxygen atoms in total. The minimum Gasteiger partial charge on any atom is -0.378 e. The van der Waals surface area contributed by atoms with Gasteiger partial charge in [0.15, 0.2) is 0 Å². The van der Waals surface area contributed by atoms with Gasteiger partial charge in [-0.2, -0.15) is 10.3 Å². The molecule has 1 saturated carbocycles. The van der Waals surface area contributed by atoms with E-state index in [9.17, 15) is 14.9 Å². The van der Waals surface area contributed by atoms with Crippen molar-refractivity contribution >= 4 is 17.9 Å². The Morgan fingerprint density at radius 2 is 1.81 bits per heavy atom. The molecule has 0 radical (unpaired) electrons. The Morgan fingerprint density at radius 1 is 1.11 bits per heavy atom. The maximum Gasteiger partial charge on any atom is 0.344 e. The smallest absolute Gasteiger partial charge is 0.344 e. The number of hydrogen-bond acceptors (Lipinski definition) is 5. The highest BCUT2D eigenvalue weighted by atomic mass is 16.5. The summed E-state index contributed by atoms with van der Waals surface area (Å²) >= 11 is 0. The molecule has 0 spiro atoms. The monoisotopic (exact) mass is 503 g/mol.